The molecule has 2 aliphatic rings. The molecule has 5 heteroatoms. The maximum atomic E-state index is 12.1. The van der Waals surface area contributed by atoms with Gasteiger partial charge in [-0.25, -0.2) is 0 Å². The number of benzene rings is 1. The number of rotatable bonds is 6. The van der Waals surface area contributed by atoms with Crippen molar-refractivity contribution in [3.8, 4) is 0 Å². The molecule has 3 rings (SSSR count). The minimum Gasteiger partial charge on any atom is -0.353 e. The molecule has 1 aromatic carbocycles. The average molecular weight is 352 g/mol. The van der Waals surface area contributed by atoms with E-state index in [4.69, 9.17) is 5.73 Å². The van der Waals surface area contributed by atoms with Crippen LogP contribution in [0, 0.1) is 5.92 Å². The largest absolute Gasteiger partial charge is 0.353 e. The fourth-order valence-electron chi connectivity index (χ4n) is 4.09. The molecule has 0 unspecified atom stereocenters. The molecule has 2 fully saturated rings. The molecule has 2 atom stereocenters. The highest BCUT2D eigenvalue weighted by molar-refractivity contribution is 5.85. The number of hydrogen-bond acceptors (Lipinski definition) is 3. The first kappa shape index (κ1) is 19.2. The Labute approximate surface area is 151 Å². The maximum Gasteiger partial charge on any atom is 0.221 e. The van der Waals surface area contributed by atoms with E-state index in [1.165, 1.54) is 18.4 Å². The predicted octanol–water partition coefficient (Wildman–Crippen LogP) is 2.53. The first-order valence-corrected chi connectivity index (χ1v) is 9.03. The highest BCUT2D eigenvalue weighted by atomic mass is 35.5. The Balaban J connectivity index is 0.00000208. The molecule has 0 aromatic heterocycles. The minimum absolute atomic E-state index is 0. The van der Waals surface area contributed by atoms with E-state index in [9.17, 15) is 4.79 Å². The Morgan fingerprint density at radius 2 is 1.88 bits per heavy atom. The Morgan fingerprint density at radius 1 is 1.17 bits per heavy atom. The second-order valence-corrected chi connectivity index (χ2v) is 7.07. The second-order valence-electron chi connectivity index (χ2n) is 7.07. The Kier molecular flexibility index (Phi) is 7.53. The highest BCUT2D eigenvalue weighted by Gasteiger charge is 2.32. The zero-order valence-corrected chi connectivity index (χ0v) is 15.1. The second kappa shape index (κ2) is 9.40. The number of carbonyl (C=O) groups is 1. The first-order chi connectivity index (χ1) is 11.3. The fourth-order valence-corrected chi connectivity index (χ4v) is 4.09. The molecule has 24 heavy (non-hydrogen) atoms. The van der Waals surface area contributed by atoms with E-state index < -0.39 is 0 Å². The van der Waals surface area contributed by atoms with Gasteiger partial charge in [-0.05, 0) is 30.9 Å². The van der Waals surface area contributed by atoms with Gasteiger partial charge in [0.05, 0.1) is 0 Å². The fraction of sp³-hybridized carbons (Fsp3) is 0.632. The number of amides is 1. The van der Waals surface area contributed by atoms with Gasteiger partial charge in [0, 0.05) is 38.0 Å². The summed E-state index contributed by atoms with van der Waals surface area (Å²) in [7, 11) is 0. The van der Waals surface area contributed by atoms with Crippen molar-refractivity contribution in [2.24, 2.45) is 11.7 Å². The van der Waals surface area contributed by atoms with Crippen molar-refractivity contribution < 1.29 is 4.79 Å². The van der Waals surface area contributed by atoms with Crippen molar-refractivity contribution in [3.05, 3.63) is 35.9 Å². The van der Waals surface area contributed by atoms with Crippen LogP contribution < -0.4 is 11.1 Å². The van der Waals surface area contributed by atoms with Crippen LogP contribution in [-0.4, -0.2) is 43.0 Å². The lowest BCUT2D eigenvalue weighted by Gasteiger charge is -2.17. The summed E-state index contributed by atoms with van der Waals surface area (Å²) in [6.07, 6.45) is 5.43. The maximum absolute atomic E-state index is 12.1. The summed E-state index contributed by atoms with van der Waals surface area (Å²) >= 11 is 0. The van der Waals surface area contributed by atoms with Crippen molar-refractivity contribution in [3.63, 3.8) is 0 Å². The normalized spacial score (nSPS) is 24.7. The van der Waals surface area contributed by atoms with Crippen LogP contribution in [0.2, 0.25) is 0 Å². The minimum atomic E-state index is 0. The van der Waals surface area contributed by atoms with E-state index in [2.05, 4.69) is 40.5 Å². The molecule has 1 saturated carbocycles. The summed E-state index contributed by atoms with van der Waals surface area (Å²) in [4.78, 5) is 14.5. The third-order valence-electron chi connectivity index (χ3n) is 5.42. The molecular formula is C19H30ClN3O. The number of likely N-dealkylation sites (tertiary alicyclic amines) is 1. The molecule has 134 valence electrons. The molecule has 0 spiro atoms. The molecular weight excluding hydrogens is 322 g/mol. The summed E-state index contributed by atoms with van der Waals surface area (Å²) < 4.78 is 0. The average Bonchev–Trinajstić information content (AvgIpc) is 3.23. The van der Waals surface area contributed by atoms with Crippen LogP contribution in [0.1, 0.15) is 43.6 Å². The summed E-state index contributed by atoms with van der Waals surface area (Å²) in [6, 6.07) is 11.1. The molecule has 4 nitrogen and oxygen atoms in total. The number of nitrogens with zero attached hydrogens (tertiary/aromatic N) is 1. The number of hydrogen-bond donors (Lipinski definition) is 2. The van der Waals surface area contributed by atoms with E-state index >= 15 is 0 Å². The van der Waals surface area contributed by atoms with E-state index in [-0.39, 0.29) is 18.3 Å². The summed E-state index contributed by atoms with van der Waals surface area (Å²) in [5.41, 5.74) is 7.36. The van der Waals surface area contributed by atoms with Crippen LogP contribution in [-0.2, 0) is 4.79 Å². The van der Waals surface area contributed by atoms with Gasteiger partial charge in [-0.1, -0.05) is 43.2 Å². The van der Waals surface area contributed by atoms with E-state index in [0.717, 1.165) is 32.5 Å². The molecule has 1 aromatic rings. The monoisotopic (exact) mass is 351 g/mol. The van der Waals surface area contributed by atoms with Crippen LogP contribution in [0.25, 0.3) is 0 Å². The quantitative estimate of drug-likeness (QED) is 0.828. The van der Waals surface area contributed by atoms with Gasteiger partial charge in [-0.3, -0.25) is 4.79 Å². The summed E-state index contributed by atoms with van der Waals surface area (Å²) in [6.45, 7) is 3.58. The molecule has 1 amide bonds. The molecule has 1 aliphatic carbocycles. The number of halogens is 1. The molecule has 1 saturated heterocycles. The zero-order chi connectivity index (χ0) is 16.1. The molecule has 3 N–H and O–H groups in total. The number of nitrogens with two attached hydrogens (primary N) is 1. The van der Waals surface area contributed by atoms with Crippen LogP contribution in [0.5, 0.6) is 0 Å². The third-order valence-corrected chi connectivity index (χ3v) is 5.42. The summed E-state index contributed by atoms with van der Waals surface area (Å²) in [5.74, 6) is 1.21. The Morgan fingerprint density at radius 3 is 2.54 bits per heavy atom. The topological polar surface area (TPSA) is 58.4 Å². The SMILES string of the molecule is Cl.NC[C@@H]1CN(CCC(=O)NC2CCCC2)C[C@H]1c1ccccc1. The lowest BCUT2D eigenvalue weighted by atomic mass is 9.89. The van der Waals surface area contributed by atoms with Crippen molar-refractivity contribution in [2.45, 2.75) is 44.1 Å². The van der Waals surface area contributed by atoms with Crippen molar-refractivity contribution in [1.82, 2.24) is 10.2 Å². The van der Waals surface area contributed by atoms with Gasteiger partial charge in [0.25, 0.3) is 0 Å². The van der Waals surface area contributed by atoms with Gasteiger partial charge in [-0.2, -0.15) is 0 Å². The van der Waals surface area contributed by atoms with Crippen molar-refractivity contribution >= 4 is 18.3 Å². The predicted molar refractivity (Wildman–Crippen MR) is 100 cm³/mol. The van der Waals surface area contributed by atoms with Crippen LogP contribution in [0.3, 0.4) is 0 Å². The Hall–Kier alpha value is -1.10. The molecule has 1 aliphatic heterocycles. The van der Waals surface area contributed by atoms with E-state index in [1.54, 1.807) is 0 Å². The number of carbonyl (C=O) groups excluding carboxylic acids is 1. The van der Waals surface area contributed by atoms with Crippen LogP contribution >= 0.6 is 12.4 Å². The van der Waals surface area contributed by atoms with Gasteiger partial charge in [0.2, 0.25) is 5.91 Å². The van der Waals surface area contributed by atoms with Gasteiger partial charge in [0.15, 0.2) is 0 Å². The number of nitrogens with one attached hydrogen (secondary N) is 1. The van der Waals surface area contributed by atoms with Gasteiger partial charge in [0.1, 0.15) is 0 Å². The van der Waals surface area contributed by atoms with Gasteiger partial charge >= 0.3 is 0 Å². The van der Waals surface area contributed by atoms with Crippen LogP contribution in [0.4, 0.5) is 0 Å². The van der Waals surface area contributed by atoms with E-state index in [1.807, 2.05) is 0 Å². The highest BCUT2D eigenvalue weighted by Crippen LogP contribution is 2.31. The first-order valence-electron chi connectivity index (χ1n) is 9.03. The van der Waals surface area contributed by atoms with Crippen molar-refractivity contribution in [2.75, 3.05) is 26.2 Å². The third kappa shape index (κ3) is 4.95. The molecule has 0 radical (unpaired) electrons. The summed E-state index contributed by atoms with van der Waals surface area (Å²) in [5, 5.41) is 3.18. The molecule has 1 heterocycles. The van der Waals surface area contributed by atoms with E-state index in [0.29, 0.717) is 30.8 Å². The zero-order valence-electron chi connectivity index (χ0n) is 14.3. The molecule has 0 bridgehead atoms. The van der Waals surface area contributed by atoms with Crippen LogP contribution in [0.15, 0.2) is 30.3 Å². The lowest BCUT2D eigenvalue weighted by Crippen LogP contribution is -2.35. The Bertz CT molecular complexity index is 505. The smallest absolute Gasteiger partial charge is 0.221 e. The standard InChI is InChI=1S/C19H29N3O.ClH/c20-12-16-13-22(14-18(16)15-6-2-1-3-7-15)11-10-19(23)21-17-8-4-5-9-17;/h1-3,6-7,16-18H,4-5,8-14,20H2,(H,21,23);1H/t16-,18+;/m1./s1. The van der Waals surface area contributed by atoms with Gasteiger partial charge < -0.3 is 16.0 Å². The van der Waals surface area contributed by atoms with Crippen molar-refractivity contribution in [1.29, 1.82) is 0 Å². The van der Waals surface area contributed by atoms with Gasteiger partial charge in [-0.15, -0.1) is 12.4 Å². The lowest BCUT2D eigenvalue weighted by molar-refractivity contribution is -0.122.